The molecule has 0 radical (unpaired) electrons. The van der Waals surface area contributed by atoms with Gasteiger partial charge in [-0.3, -0.25) is 5.10 Å². The highest BCUT2D eigenvalue weighted by atomic mass is 19.1. The van der Waals surface area contributed by atoms with E-state index < -0.39 is 11.6 Å². The van der Waals surface area contributed by atoms with Gasteiger partial charge in [0.05, 0.1) is 5.69 Å². The molecular formula is C14H18F2N6. The zero-order chi connectivity index (χ0) is 16.3. The molecule has 2 rings (SSSR count). The topological polar surface area (TPSA) is 92.0 Å². The Morgan fingerprint density at radius 2 is 2.09 bits per heavy atom. The van der Waals surface area contributed by atoms with E-state index in [4.69, 9.17) is 5.73 Å². The summed E-state index contributed by atoms with van der Waals surface area (Å²) in [6.07, 6.45) is 0. The van der Waals surface area contributed by atoms with Crippen LogP contribution in [0, 0.1) is 11.6 Å². The summed E-state index contributed by atoms with van der Waals surface area (Å²) in [5.74, 6) is -0.0241. The van der Waals surface area contributed by atoms with Crippen LogP contribution in [0.2, 0.25) is 0 Å². The lowest BCUT2D eigenvalue weighted by Gasteiger charge is -2.11. The van der Waals surface area contributed by atoms with Gasteiger partial charge in [-0.15, -0.1) is 0 Å². The summed E-state index contributed by atoms with van der Waals surface area (Å²) < 4.78 is 26.5. The van der Waals surface area contributed by atoms with Gasteiger partial charge in [-0.2, -0.15) is 5.10 Å². The number of rotatable bonds is 3. The van der Waals surface area contributed by atoms with Gasteiger partial charge < -0.3 is 11.1 Å². The Balaban J connectivity index is 2.04. The molecule has 8 heteroatoms. The lowest BCUT2D eigenvalue weighted by molar-refractivity contribution is 0.547. The zero-order valence-electron chi connectivity index (χ0n) is 12.6. The first-order valence-electron chi connectivity index (χ1n) is 6.69. The molecule has 1 aromatic heterocycles. The predicted octanol–water partition coefficient (Wildman–Crippen LogP) is 2.31. The van der Waals surface area contributed by atoms with Gasteiger partial charge in [0.1, 0.15) is 24.0 Å². The Hall–Kier alpha value is -2.51. The number of anilines is 1. The first kappa shape index (κ1) is 15.9. The van der Waals surface area contributed by atoms with Crippen molar-refractivity contribution in [2.45, 2.75) is 32.7 Å². The Kier molecular flexibility index (Phi) is 4.39. The van der Waals surface area contributed by atoms with Gasteiger partial charge in [-0.1, -0.05) is 20.8 Å². The number of benzene rings is 1. The number of aromatic nitrogens is 3. The monoisotopic (exact) mass is 308 g/mol. The number of H-pyrrole nitrogens is 1. The minimum absolute atomic E-state index is 0.0433. The number of guanidine groups is 1. The number of nitrogens with one attached hydrogen (secondary N) is 2. The number of nitrogens with zero attached hydrogens (tertiary/aromatic N) is 3. The van der Waals surface area contributed by atoms with E-state index in [1.807, 2.05) is 20.8 Å². The Bertz CT molecular complexity index is 687. The lowest BCUT2D eigenvalue weighted by Crippen LogP contribution is -2.23. The number of aliphatic imine (C=N–C) groups is 1. The average molecular weight is 308 g/mol. The van der Waals surface area contributed by atoms with Crippen LogP contribution < -0.4 is 11.1 Å². The predicted molar refractivity (Wildman–Crippen MR) is 80.4 cm³/mol. The summed E-state index contributed by atoms with van der Waals surface area (Å²) in [4.78, 5) is 8.32. The second kappa shape index (κ2) is 6.08. The number of halogens is 2. The highest BCUT2D eigenvalue weighted by molar-refractivity contribution is 5.92. The van der Waals surface area contributed by atoms with E-state index >= 15 is 0 Å². The molecule has 1 heterocycles. The van der Waals surface area contributed by atoms with Gasteiger partial charge in [0.15, 0.2) is 11.8 Å². The van der Waals surface area contributed by atoms with Crippen molar-refractivity contribution in [3.05, 3.63) is 41.5 Å². The molecule has 0 unspecified atom stereocenters. The van der Waals surface area contributed by atoms with Crippen molar-refractivity contribution in [1.29, 1.82) is 0 Å². The molecule has 22 heavy (non-hydrogen) atoms. The van der Waals surface area contributed by atoms with Crippen LogP contribution >= 0.6 is 0 Å². The van der Waals surface area contributed by atoms with Crippen LogP contribution in [0.1, 0.15) is 32.4 Å². The van der Waals surface area contributed by atoms with Crippen LogP contribution in [-0.4, -0.2) is 21.1 Å². The van der Waals surface area contributed by atoms with Gasteiger partial charge in [-0.25, -0.2) is 18.8 Å². The molecule has 0 bridgehead atoms. The fourth-order valence-electron chi connectivity index (χ4n) is 1.63. The minimum atomic E-state index is -0.616. The van der Waals surface area contributed by atoms with E-state index in [1.165, 1.54) is 0 Å². The Labute approximate surface area is 126 Å². The molecule has 0 spiro atoms. The highest BCUT2D eigenvalue weighted by Gasteiger charge is 2.19. The van der Waals surface area contributed by atoms with E-state index in [1.54, 1.807) is 0 Å². The van der Waals surface area contributed by atoms with Crippen LogP contribution in [0.4, 0.5) is 14.5 Å². The number of nitrogens with two attached hydrogens (primary N) is 1. The maximum Gasteiger partial charge on any atom is 0.193 e. The summed E-state index contributed by atoms with van der Waals surface area (Å²) in [6.45, 7) is 6.13. The molecule has 0 amide bonds. The number of hydrogen-bond acceptors (Lipinski definition) is 3. The molecule has 6 nitrogen and oxygen atoms in total. The fraction of sp³-hybridized carbons (Fsp3) is 0.357. The van der Waals surface area contributed by atoms with E-state index in [0.29, 0.717) is 11.6 Å². The van der Waals surface area contributed by atoms with Gasteiger partial charge in [0.25, 0.3) is 0 Å². The summed E-state index contributed by atoms with van der Waals surface area (Å²) in [7, 11) is 0. The number of aromatic amines is 1. The van der Waals surface area contributed by atoms with Crippen molar-refractivity contribution in [1.82, 2.24) is 15.2 Å². The van der Waals surface area contributed by atoms with Gasteiger partial charge in [0.2, 0.25) is 0 Å². The molecule has 2 aromatic rings. The Morgan fingerprint density at radius 3 is 2.73 bits per heavy atom. The standard InChI is InChI=1S/C14H18F2N6/c1-14(2,3)12-20-11(21-22-12)7-18-13(17)19-10-6-8(15)4-5-9(10)16/h4-6H,7H2,1-3H3,(H3,17,18,19)(H,20,21,22). The maximum absolute atomic E-state index is 13.5. The van der Waals surface area contributed by atoms with E-state index in [2.05, 4.69) is 25.5 Å². The Morgan fingerprint density at radius 1 is 1.36 bits per heavy atom. The van der Waals surface area contributed by atoms with Gasteiger partial charge >= 0.3 is 0 Å². The van der Waals surface area contributed by atoms with Crippen molar-refractivity contribution >= 4 is 11.6 Å². The van der Waals surface area contributed by atoms with Crippen LogP contribution in [0.3, 0.4) is 0 Å². The maximum atomic E-state index is 13.5. The molecule has 0 saturated carbocycles. The second-order valence-electron chi connectivity index (χ2n) is 5.81. The molecule has 0 atom stereocenters. The lowest BCUT2D eigenvalue weighted by atomic mass is 9.96. The third-order valence-electron chi connectivity index (χ3n) is 2.79. The zero-order valence-corrected chi connectivity index (χ0v) is 12.6. The summed E-state index contributed by atoms with van der Waals surface area (Å²) >= 11 is 0. The molecule has 1 aromatic carbocycles. The molecule has 0 fully saturated rings. The van der Waals surface area contributed by atoms with Crippen molar-refractivity contribution in [3.63, 3.8) is 0 Å². The third-order valence-corrected chi connectivity index (χ3v) is 2.79. The van der Waals surface area contributed by atoms with Crippen LogP contribution in [0.5, 0.6) is 0 Å². The smallest absolute Gasteiger partial charge is 0.193 e. The normalized spacial score (nSPS) is 12.5. The molecule has 0 aliphatic carbocycles. The molecular weight excluding hydrogens is 290 g/mol. The average Bonchev–Trinajstić information content (AvgIpc) is 2.89. The van der Waals surface area contributed by atoms with Crippen molar-refractivity contribution < 1.29 is 8.78 Å². The van der Waals surface area contributed by atoms with Crippen LogP contribution in [-0.2, 0) is 12.0 Å². The SMILES string of the molecule is CC(C)(C)c1n[nH]c(CN=C(N)Nc2cc(F)ccc2F)n1. The molecule has 0 aliphatic rings. The second-order valence-corrected chi connectivity index (χ2v) is 5.81. The summed E-state index contributed by atoms with van der Waals surface area (Å²) in [6, 6.07) is 3.04. The van der Waals surface area contributed by atoms with Crippen LogP contribution in [0.25, 0.3) is 0 Å². The molecule has 118 valence electrons. The summed E-state index contributed by atoms with van der Waals surface area (Å²) in [5.41, 5.74) is 5.40. The van der Waals surface area contributed by atoms with Crippen molar-refractivity contribution in [3.8, 4) is 0 Å². The first-order valence-corrected chi connectivity index (χ1v) is 6.69. The van der Waals surface area contributed by atoms with Gasteiger partial charge in [-0.05, 0) is 12.1 Å². The van der Waals surface area contributed by atoms with Crippen molar-refractivity contribution in [2.24, 2.45) is 10.7 Å². The molecule has 4 N–H and O–H groups in total. The fourth-order valence-corrected chi connectivity index (χ4v) is 1.63. The van der Waals surface area contributed by atoms with Crippen molar-refractivity contribution in [2.75, 3.05) is 5.32 Å². The summed E-state index contributed by atoms with van der Waals surface area (Å²) in [5, 5.41) is 9.37. The van der Waals surface area contributed by atoms with Crippen LogP contribution in [0.15, 0.2) is 23.2 Å². The quantitative estimate of drug-likeness (QED) is 0.599. The minimum Gasteiger partial charge on any atom is -0.370 e. The van der Waals surface area contributed by atoms with E-state index in [9.17, 15) is 8.78 Å². The van der Waals surface area contributed by atoms with Gasteiger partial charge in [0, 0.05) is 11.5 Å². The van der Waals surface area contributed by atoms with E-state index in [-0.39, 0.29) is 23.6 Å². The highest BCUT2D eigenvalue weighted by Crippen LogP contribution is 2.17. The molecule has 0 saturated heterocycles. The van der Waals surface area contributed by atoms with E-state index in [0.717, 1.165) is 18.2 Å². The first-order chi connectivity index (χ1) is 10.3. The molecule has 0 aliphatic heterocycles. The number of hydrogen-bond donors (Lipinski definition) is 3. The largest absolute Gasteiger partial charge is 0.370 e. The third kappa shape index (κ3) is 4.00.